The molecule has 0 spiro atoms. The van der Waals surface area contributed by atoms with Gasteiger partial charge in [-0.25, -0.2) is 4.39 Å². The highest BCUT2D eigenvalue weighted by Gasteiger charge is 2.05. The van der Waals surface area contributed by atoms with Crippen molar-refractivity contribution in [3.05, 3.63) is 54.6 Å². The van der Waals surface area contributed by atoms with Crippen molar-refractivity contribution in [1.29, 1.82) is 0 Å². The summed E-state index contributed by atoms with van der Waals surface area (Å²) < 4.78 is 20.7. The molecule has 1 aromatic carbocycles. The van der Waals surface area contributed by atoms with Gasteiger partial charge in [-0.3, -0.25) is 4.99 Å². The molecule has 1 atom stereocenters. The number of aliphatic imine (C=N–C) groups is 1. The highest BCUT2D eigenvalue weighted by molar-refractivity contribution is 14.0. The number of nitrogens with zero attached hydrogens (tertiary/aromatic N) is 2. The number of ether oxygens (including phenoxy) is 1. The summed E-state index contributed by atoms with van der Waals surface area (Å²) in [5.74, 6) is 1.11. The summed E-state index contributed by atoms with van der Waals surface area (Å²) in [5.41, 5.74) is 0. The minimum Gasteiger partial charge on any atom is -0.489 e. The molecule has 0 fully saturated rings. The van der Waals surface area contributed by atoms with Crippen molar-refractivity contribution in [1.82, 2.24) is 15.2 Å². The number of benzene rings is 1. The molecule has 2 N–H and O–H groups in total. The fourth-order valence-electron chi connectivity index (χ4n) is 2.07. The van der Waals surface area contributed by atoms with Crippen molar-refractivity contribution in [3.8, 4) is 5.75 Å². The van der Waals surface area contributed by atoms with E-state index in [4.69, 9.17) is 4.74 Å². The van der Waals surface area contributed by atoms with Gasteiger partial charge in [0.05, 0.1) is 6.54 Å². The lowest BCUT2D eigenvalue weighted by Crippen LogP contribution is -2.42. The summed E-state index contributed by atoms with van der Waals surface area (Å²) in [4.78, 5) is 4.18. The first-order valence-corrected chi connectivity index (χ1v) is 7.65. The average molecular weight is 446 g/mol. The topological polar surface area (TPSA) is 50.6 Å². The Kier molecular flexibility index (Phi) is 9.21. The molecule has 132 valence electrons. The minimum absolute atomic E-state index is 0. The van der Waals surface area contributed by atoms with Crippen LogP contribution < -0.4 is 15.4 Å². The van der Waals surface area contributed by atoms with E-state index in [1.165, 1.54) is 12.1 Å². The molecule has 2 aromatic rings. The van der Waals surface area contributed by atoms with E-state index in [-0.39, 0.29) is 35.9 Å². The molecule has 1 heterocycles. The van der Waals surface area contributed by atoms with Gasteiger partial charge in [0.25, 0.3) is 0 Å². The van der Waals surface area contributed by atoms with E-state index >= 15 is 0 Å². The molecule has 0 saturated carbocycles. The summed E-state index contributed by atoms with van der Waals surface area (Å²) in [6.07, 6.45) is 3.98. The van der Waals surface area contributed by atoms with E-state index < -0.39 is 0 Å². The van der Waals surface area contributed by atoms with Crippen LogP contribution in [0.5, 0.6) is 5.75 Å². The quantitative estimate of drug-likeness (QED) is 0.391. The van der Waals surface area contributed by atoms with Gasteiger partial charge in [0, 0.05) is 32.5 Å². The van der Waals surface area contributed by atoms with Crippen LogP contribution in [0.1, 0.15) is 6.92 Å². The molecule has 0 radical (unpaired) electrons. The highest BCUT2D eigenvalue weighted by atomic mass is 127. The molecular formula is C17H24FIN4O. The number of halogens is 2. The predicted molar refractivity (Wildman–Crippen MR) is 106 cm³/mol. The van der Waals surface area contributed by atoms with Crippen LogP contribution in [0.25, 0.3) is 0 Å². The average Bonchev–Trinajstić information content (AvgIpc) is 3.06. The van der Waals surface area contributed by atoms with Gasteiger partial charge in [0.2, 0.25) is 0 Å². The van der Waals surface area contributed by atoms with Gasteiger partial charge in [-0.1, -0.05) is 0 Å². The van der Waals surface area contributed by atoms with Gasteiger partial charge in [0.1, 0.15) is 17.7 Å². The lowest BCUT2D eigenvalue weighted by atomic mass is 10.3. The maximum Gasteiger partial charge on any atom is 0.191 e. The minimum atomic E-state index is -0.268. The standard InChI is InChI=1S/C17H23FN4O.HI/c1-14(23-16-7-5-15(18)6-8-16)13-21-17(19-2)20-9-12-22-10-3-4-11-22;/h3-8,10-11,14H,9,12-13H2,1-2H3,(H2,19,20,21);1H. The molecule has 1 aromatic heterocycles. The number of nitrogens with one attached hydrogen (secondary N) is 2. The summed E-state index contributed by atoms with van der Waals surface area (Å²) in [5, 5.41) is 6.46. The molecule has 0 aliphatic rings. The Balaban J connectivity index is 0.00000288. The second-order valence-corrected chi connectivity index (χ2v) is 5.18. The Hall–Kier alpha value is -1.77. The maximum atomic E-state index is 12.9. The van der Waals surface area contributed by atoms with Crippen LogP contribution in [0, 0.1) is 5.82 Å². The third kappa shape index (κ3) is 7.20. The van der Waals surface area contributed by atoms with Gasteiger partial charge in [-0.15, -0.1) is 24.0 Å². The summed E-state index contributed by atoms with van der Waals surface area (Å²) >= 11 is 0. The summed E-state index contributed by atoms with van der Waals surface area (Å²) in [7, 11) is 1.73. The second-order valence-electron chi connectivity index (χ2n) is 5.18. The zero-order valence-electron chi connectivity index (χ0n) is 13.9. The van der Waals surface area contributed by atoms with Crippen LogP contribution >= 0.6 is 24.0 Å². The van der Waals surface area contributed by atoms with Crippen molar-refractivity contribution in [2.24, 2.45) is 4.99 Å². The van der Waals surface area contributed by atoms with E-state index in [0.717, 1.165) is 19.0 Å². The van der Waals surface area contributed by atoms with Gasteiger partial charge >= 0.3 is 0 Å². The molecule has 24 heavy (non-hydrogen) atoms. The number of hydrogen-bond donors (Lipinski definition) is 2. The van der Waals surface area contributed by atoms with Crippen molar-refractivity contribution in [2.75, 3.05) is 20.1 Å². The van der Waals surface area contributed by atoms with E-state index in [9.17, 15) is 4.39 Å². The number of aromatic nitrogens is 1. The molecule has 0 amide bonds. The molecule has 0 bridgehead atoms. The molecule has 5 nitrogen and oxygen atoms in total. The lowest BCUT2D eigenvalue weighted by molar-refractivity contribution is 0.223. The first-order chi connectivity index (χ1) is 11.2. The Morgan fingerprint density at radius 1 is 1.21 bits per heavy atom. The molecule has 0 aliphatic carbocycles. The van der Waals surface area contributed by atoms with E-state index in [2.05, 4.69) is 20.2 Å². The number of rotatable bonds is 7. The predicted octanol–water partition coefficient (Wildman–Crippen LogP) is 2.88. The molecule has 2 rings (SSSR count). The van der Waals surface area contributed by atoms with Crippen molar-refractivity contribution >= 4 is 29.9 Å². The fourth-order valence-corrected chi connectivity index (χ4v) is 2.07. The lowest BCUT2D eigenvalue weighted by Gasteiger charge is -2.18. The van der Waals surface area contributed by atoms with Crippen molar-refractivity contribution in [2.45, 2.75) is 19.6 Å². The third-order valence-corrected chi connectivity index (χ3v) is 3.26. The van der Waals surface area contributed by atoms with Gasteiger partial charge < -0.3 is 19.9 Å². The van der Waals surface area contributed by atoms with Crippen LogP contribution in [0.15, 0.2) is 53.8 Å². The molecular weight excluding hydrogens is 422 g/mol. The first kappa shape index (κ1) is 20.3. The molecule has 1 unspecified atom stereocenters. The second kappa shape index (κ2) is 10.9. The highest BCUT2D eigenvalue weighted by Crippen LogP contribution is 2.12. The smallest absolute Gasteiger partial charge is 0.191 e. The first-order valence-electron chi connectivity index (χ1n) is 7.65. The van der Waals surface area contributed by atoms with Crippen molar-refractivity contribution in [3.63, 3.8) is 0 Å². The van der Waals surface area contributed by atoms with Gasteiger partial charge in [-0.05, 0) is 43.3 Å². The summed E-state index contributed by atoms with van der Waals surface area (Å²) in [6.45, 7) is 4.20. The van der Waals surface area contributed by atoms with E-state index in [1.54, 1.807) is 19.2 Å². The number of guanidine groups is 1. The number of hydrogen-bond acceptors (Lipinski definition) is 2. The molecule has 0 aliphatic heterocycles. The maximum absolute atomic E-state index is 12.9. The van der Waals surface area contributed by atoms with Crippen LogP contribution in [0.3, 0.4) is 0 Å². The molecule has 7 heteroatoms. The Bertz CT molecular complexity index is 602. The van der Waals surface area contributed by atoms with Crippen LogP contribution in [-0.2, 0) is 6.54 Å². The van der Waals surface area contributed by atoms with Crippen LogP contribution in [-0.4, -0.2) is 36.8 Å². The monoisotopic (exact) mass is 446 g/mol. The molecule has 0 saturated heterocycles. The zero-order chi connectivity index (χ0) is 16.5. The fraction of sp³-hybridized carbons (Fsp3) is 0.353. The Labute approximate surface area is 159 Å². The summed E-state index contributed by atoms with van der Waals surface area (Å²) in [6, 6.07) is 10.0. The zero-order valence-corrected chi connectivity index (χ0v) is 16.2. The van der Waals surface area contributed by atoms with Gasteiger partial charge in [-0.2, -0.15) is 0 Å². The van der Waals surface area contributed by atoms with Crippen LogP contribution in [0.2, 0.25) is 0 Å². The van der Waals surface area contributed by atoms with Crippen LogP contribution in [0.4, 0.5) is 4.39 Å². The Morgan fingerprint density at radius 2 is 1.88 bits per heavy atom. The normalized spacial score (nSPS) is 12.2. The van der Waals surface area contributed by atoms with Gasteiger partial charge in [0.15, 0.2) is 5.96 Å². The third-order valence-electron chi connectivity index (χ3n) is 3.26. The SMILES string of the molecule is CN=C(NCCn1cccc1)NCC(C)Oc1ccc(F)cc1.I. The Morgan fingerprint density at radius 3 is 2.50 bits per heavy atom. The van der Waals surface area contributed by atoms with E-state index in [1.807, 2.05) is 31.5 Å². The van der Waals surface area contributed by atoms with E-state index in [0.29, 0.717) is 12.3 Å². The van der Waals surface area contributed by atoms with Crippen molar-refractivity contribution < 1.29 is 9.13 Å². The largest absolute Gasteiger partial charge is 0.489 e.